The topological polar surface area (TPSA) is 94.6 Å². The highest BCUT2D eigenvalue weighted by molar-refractivity contribution is 6.30. The third-order valence-electron chi connectivity index (χ3n) is 7.08. The Labute approximate surface area is 236 Å². The Bertz CT molecular complexity index is 1170. The van der Waals surface area contributed by atoms with Gasteiger partial charge in [0.25, 0.3) is 0 Å². The fraction of sp³-hybridized carbons (Fsp3) is 0.519. The number of carboxylic acid groups (broad SMARTS) is 1. The zero-order valence-electron chi connectivity index (χ0n) is 21.4. The van der Waals surface area contributed by atoms with E-state index < -0.39 is 30.2 Å². The minimum Gasteiger partial charge on any atom is -0.481 e. The van der Waals surface area contributed by atoms with Crippen molar-refractivity contribution < 1.29 is 27.9 Å². The van der Waals surface area contributed by atoms with E-state index in [1.54, 1.807) is 0 Å². The van der Waals surface area contributed by atoms with Crippen molar-refractivity contribution in [3.63, 3.8) is 0 Å². The number of benzene rings is 1. The third kappa shape index (κ3) is 8.71. The number of carbonyl (C=O) groups is 2. The summed E-state index contributed by atoms with van der Waals surface area (Å²) in [5, 5.41) is 15.2. The molecular weight excluding hydrogens is 556 g/mol. The van der Waals surface area contributed by atoms with Gasteiger partial charge in [-0.25, -0.2) is 4.98 Å². The number of amides is 1. The Morgan fingerprint density at radius 3 is 2.77 bits per heavy atom. The lowest BCUT2D eigenvalue weighted by atomic mass is 9.95. The van der Waals surface area contributed by atoms with Gasteiger partial charge in [0, 0.05) is 23.8 Å². The van der Waals surface area contributed by atoms with Crippen LogP contribution in [0.2, 0.25) is 5.02 Å². The molecular formula is C27H33Cl2F3N4O3. The first-order valence-corrected chi connectivity index (χ1v) is 13.3. The first-order chi connectivity index (χ1) is 18.1. The first kappa shape index (κ1) is 31.0. The number of aromatic nitrogens is 1. The van der Waals surface area contributed by atoms with E-state index in [-0.39, 0.29) is 34.8 Å². The number of piperidine rings is 1. The van der Waals surface area contributed by atoms with Crippen LogP contribution in [0.5, 0.6) is 0 Å². The van der Waals surface area contributed by atoms with Crippen LogP contribution in [0.1, 0.15) is 60.5 Å². The van der Waals surface area contributed by atoms with Gasteiger partial charge in [-0.1, -0.05) is 17.7 Å². The number of nitrogens with zero attached hydrogens (tertiary/aromatic N) is 2. The van der Waals surface area contributed by atoms with Gasteiger partial charge >= 0.3 is 12.1 Å². The van der Waals surface area contributed by atoms with Gasteiger partial charge in [-0.15, -0.1) is 12.4 Å². The summed E-state index contributed by atoms with van der Waals surface area (Å²) in [5.74, 6) is -1.01. The molecule has 39 heavy (non-hydrogen) atoms. The molecule has 3 N–H and O–H groups in total. The maximum absolute atomic E-state index is 13.3. The fourth-order valence-corrected chi connectivity index (χ4v) is 5.40. The molecule has 2 aliphatic rings. The minimum absolute atomic E-state index is 0. The van der Waals surface area contributed by atoms with E-state index in [4.69, 9.17) is 16.6 Å². The van der Waals surface area contributed by atoms with Gasteiger partial charge < -0.3 is 20.6 Å². The third-order valence-corrected chi connectivity index (χ3v) is 7.30. The second-order valence-corrected chi connectivity index (χ2v) is 10.5. The molecule has 2 atom stereocenters. The maximum atomic E-state index is 13.3. The largest absolute Gasteiger partial charge is 0.481 e. The summed E-state index contributed by atoms with van der Waals surface area (Å²) in [4.78, 5) is 31.5. The molecule has 0 radical (unpaired) electrons. The van der Waals surface area contributed by atoms with Crippen molar-refractivity contribution in [2.24, 2.45) is 5.92 Å². The highest BCUT2D eigenvalue weighted by Gasteiger charge is 2.33. The summed E-state index contributed by atoms with van der Waals surface area (Å²) in [7, 11) is 0. The first-order valence-electron chi connectivity index (χ1n) is 12.9. The Morgan fingerprint density at radius 2 is 2.03 bits per heavy atom. The molecule has 1 unspecified atom stereocenters. The number of carbonyl (C=O) groups excluding carboxylic acids is 1. The Balaban J connectivity index is 0.00000420. The molecule has 1 saturated heterocycles. The molecule has 1 amide bonds. The van der Waals surface area contributed by atoms with E-state index in [1.807, 2.05) is 0 Å². The van der Waals surface area contributed by atoms with Crippen molar-refractivity contribution in [3.05, 3.63) is 57.7 Å². The van der Waals surface area contributed by atoms with Crippen molar-refractivity contribution in [2.45, 2.75) is 57.2 Å². The minimum atomic E-state index is -4.65. The van der Waals surface area contributed by atoms with E-state index in [9.17, 15) is 27.9 Å². The molecule has 0 spiro atoms. The number of likely N-dealkylation sites (tertiary alicyclic amines) is 1. The van der Waals surface area contributed by atoms with Crippen LogP contribution in [-0.2, 0) is 28.6 Å². The zero-order chi connectivity index (χ0) is 27.3. The number of halogens is 5. The number of fused-ring (bicyclic) bond motifs is 1. The maximum Gasteiger partial charge on any atom is 0.416 e. The Kier molecular flexibility index (Phi) is 10.9. The van der Waals surface area contributed by atoms with Crippen LogP contribution in [0.15, 0.2) is 30.3 Å². The van der Waals surface area contributed by atoms with E-state index in [0.29, 0.717) is 13.0 Å². The van der Waals surface area contributed by atoms with E-state index in [2.05, 4.69) is 27.7 Å². The van der Waals surface area contributed by atoms with Crippen LogP contribution >= 0.6 is 24.0 Å². The van der Waals surface area contributed by atoms with Gasteiger partial charge in [-0.05, 0) is 87.0 Å². The summed E-state index contributed by atoms with van der Waals surface area (Å²) < 4.78 is 39.8. The van der Waals surface area contributed by atoms with Crippen LogP contribution < -0.4 is 10.6 Å². The lowest BCUT2D eigenvalue weighted by Gasteiger charge is -2.33. The average Bonchev–Trinajstić information content (AvgIpc) is 2.87. The summed E-state index contributed by atoms with van der Waals surface area (Å²) in [5.41, 5.74) is 1.30. The standard InChI is InChI=1S/C27H32ClF3N4O3.ClH/c28-21-13-19(12-20(14-21)27(29,30)31)23(15-24(36)37)34-26(38)18-5-2-10-35(16-18)11-3-6-22-8-7-17-4-1-9-32-25(17)33-22;/h7-8,12-14,18,23H,1-6,9-11,15-16H2,(H,32,33)(H,34,38)(H,36,37);1H/t18-,23?;/m1./s1. The van der Waals surface area contributed by atoms with Crippen LogP contribution in [-0.4, -0.2) is 53.0 Å². The van der Waals surface area contributed by atoms with Crippen LogP contribution in [0.25, 0.3) is 0 Å². The summed E-state index contributed by atoms with van der Waals surface area (Å²) in [6, 6.07) is 5.97. The number of anilines is 1. The number of hydrogen-bond donors (Lipinski definition) is 3. The number of pyridine rings is 1. The monoisotopic (exact) mass is 588 g/mol. The predicted molar refractivity (Wildman–Crippen MR) is 145 cm³/mol. The zero-order valence-corrected chi connectivity index (χ0v) is 23.0. The highest BCUT2D eigenvalue weighted by Crippen LogP contribution is 2.34. The van der Waals surface area contributed by atoms with Gasteiger partial charge in [-0.3, -0.25) is 9.59 Å². The van der Waals surface area contributed by atoms with Gasteiger partial charge in [0.1, 0.15) is 5.82 Å². The summed E-state index contributed by atoms with van der Waals surface area (Å²) >= 11 is 5.89. The van der Waals surface area contributed by atoms with Crippen molar-refractivity contribution >= 4 is 41.7 Å². The lowest BCUT2D eigenvalue weighted by Crippen LogP contribution is -2.44. The number of carboxylic acids is 1. The number of aryl methyl sites for hydroxylation is 2. The second-order valence-electron chi connectivity index (χ2n) is 10.0. The molecule has 1 aromatic carbocycles. The molecule has 2 aliphatic heterocycles. The number of hydrogen-bond acceptors (Lipinski definition) is 5. The van der Waals surface area contributed by atoms with E-state index in [0.717, 1.165) is 75.4 Å². The van der Waals surface area contributed by atoms with Gasteiger partial charge in [0.15, 0.2) is 0 Å². The SMILES string of the molecule is Cl.O=C(O)CC(NC(=O)[C@@H]1CCCN(CCCc2ccc3c(n2)NCCC3)C1)c1cc(Cl)cc(C(F)(F)F)c1. The fourth-order valence-electron chi connectivity index (χ4n) is 5.16. The molecule has 0 aliphatic carbocycles. The molecule has 1 fully saturated rings. The Hall–Kier alpha value is -2.56. The van der Waals surface area contributed by atoms with Crippen LogP contribution in [0.4, 0.5) is 19.0 Å². The van der Waals surface area contributed by atoms with Crippen molar-refractivity contribution in [1.82, 2.24) is 15.2 Å². The molecule has 12 heteroatoms. The van der Waals surface area contributed by atoms with Crippen molar-refractivity contribution in [2.75, 3.05) is 31.5 Å². The predicted octanol–water partition coefficient (Wildman–Crippen LogP) is 5.51. The van der Waals surface area contributed by atoms with Crippen LogP contribution in [0, 0.1) is 5.92 Å². The molecule has 0 bridgehead atoms. The number of alkyl halides is 3. The molecule has 7 nitrogen and oxygen atoms in total. The van der Waals surface area contributed by atoms with Crippen molar-refractivity contribution in [1.29, 1.82) is 0 Å². The van der Waals surface area contributed by atoms with Gasteiger partial charge in [-0.2, -0.15) is 13.2 Å². The lowest BCUT2D eigenvalue weighted by molar-refractivity contribution is -0.138. The average molecular weight is 589 g/mol. The molecule has 0 saturated carbocycles. The smallest absolute Gasteiger partial charge is 0.416 e. The molecule has 4 rings (SSSR count). The normalized spacial score (nSPS) is 18.3. The molecule has 3 heterocycles. The van der Waals surface area contributed by atoms with Crippen LogP contribution in [0.3, 0.4) is 0 Å². The van der Waals surface area contributed by atoms with Gasteiger partial charge in [0.05, 0.1) is 23.9 Å². The van der Waals surface area contributed by atoms with Crippen molar-refractivity contribution in [3.8, 4) is 0 Å². The second kappa shape index (κ2) is 13.7. The van der Waals surface area contributed by atoms with E-state index >= 15 is 0 Å². The molecule has 214 valence electrons. The molecule has 2 aromatic rings. The van der Waals surface area contributed by atoms with Gasteiger partial charge in [0.2, 0.25) is 5.91 Å². The molecule has 1 aromatic heterocycles. The summed E-state index contributed by atoms with van der Waals surface area (Å²) in [6.45, 7) is 3.09. The Morgan fingerprint density at radius 1 is 1.23 bits per heavy atom. The number of aliphatic carboxylic acids is 1. The number of rotatable bonds is 9. The summed E-state index contributed by atoms with van der Waals surface area (Å²) in [6.07, 6.45) is 0.0870. The van der Waals surface area contributed by atoms with E-state index in [1.165, 1.54) is 11.6 Å². The quantitative estimate of drug-likeness (QED) is 0.357. The number of nitrogens with one attached hydrogen (secondary N) is 2. The highest BCUT2D eigenvalue weighted by atomic mass is 35.5.